The van der Waals surface area contributed by atoms with E-state index in [0.29, 0.717) is 24.7 Å². The number of carbonyl (C=O) groups is 1. The maximum absolute atomic E-state index is 13.6. The number of fused-ring (bicyclic) bond motifs is 1. The predicted octanol–water partition coefficient (Wildman–Crippen LogP) is 5.12. The van der Waals surface area contributed by atoms with Crippen molar-refractivity contribution in [3.05, 3.63) is 29.5 Å². The van der Waals surface area contributed by atoms with Gasteiger partial charge in [0.1, 0.15) is 0 Å². The molecule has 5 nitrogen and oxygen atoms in total. The fourth-order valence-corrected chi connectivity index (χ4v) is 6.01. The molecule has 2 saturated carbocycles. The average Bonchev–Trinajstić information content (AvgIpc) is 3.43. The van der Waals surface area contributed by atoms with Gasteiger partial charge in [-0.05, 0) is 76.3 Å². The van der Waals surface area contributed by atoms with E-state index < -0.39 is 5.60 Å². The highest BCUT2D eigenvalue weighted by Gasteiger charge is 2.39. The van der Waals surface area contributed by atoms with E-state index in [9.17, 15) is 9.90 Å². The van der Waals surface area contributed by atoms with Gasteiger partial charge >= 0.3 is 0 Å². The second-order valence-corrected chi connectivity index (χ2v) is 10.9. The molecular formula is C26H39N3O2. The molecule has 1 heterocycles. The molecule has 0 spiro atoms. The molecule has 1 N–H and O–H groups in total. The molecule has 0 saturated heterocycles. The summed E-state index contributed by atoms with van der Waals surface area (Å²) in [6.45, 7) is 10.4. The Bertz CT molecular complexity index is 957. The highest BCUT2D eigenvalue weighted by Crippen LogP contribution is 2.45. The Hall–Kier alpha value is -1.88. The lowest BCUT2D eigenvalue weighted by atomic mass is 9.76. The Morgan fingerprint density at radius 1 is 1.29 bits per heavy atom. The van der Waals surface area contributed by atoms with Gasteiger partial charge in [-0.15, -0.1) is 0 Å². The van der Waals surface area contributed by atoms with Crippen LogP contribution in [-0.2, 0) is 11.8 Å². The highest BCUT2D eigenvalue weighted by molar-refractivity contribution is 5.88. The topological polar surface area (TPSA) is 58.4 Å². The largest absolute Gasteiger partial charge is 0.390 e. The molecule has 1 amide bonds. The molecule has 4 unspecified atom stereocenters. The van der Waals surface area contributed by atoms with E-state index in [1.54, 1.807) is 0 Å². The molecular weight excluding hydrogens is 386 g/mol. The first-order valence-corrected chi connectivity index (χ1v) is 12.1. The molecule has 0 bridgehead atoms. The summed E-state index contributed by atoms with van der Waals surface area (Å²) >= 11 is 0. The summed E-state index contributed by atoms with van der Waals surface area (Å²) in [7, 11) is 2.00. The van der Waals surface area contributed by atoms with Crippen LogP contribution < -0.4 is 0 Å². The van der Waals surface area contributed by atoms with Crippen LogP contribution in [-0.4, -0.2) is 43.4 Å². The molecule has 2 aliphatic rings. The van der Waals surface area contributed by atoms with Gasteiger partial charge in [-0.25, -0.2) is 0 Å². The van der Waals surface area contributed by atoms with Crippen molar-refractivity contribution < 1.29 is 9.90 Å². The van der Waals surface area contributed by atoms with Crippen molar-refractivity contribution in [3.8, 4) is 0 Å². The van der Waals surface area contributed by atoms with E-state index in [2.05, 4.69) is 45.9 Å². The molecule has 1 aromatic heterocycles. The summed E-state index contributed by atoms with van der Waals surface area (Å²) in [5.41, 5.74) is 2.92. The Balaban J connectivity index is 1.59. The van der Waals surface area contributed by atoms with E-state index in [-0.39, 0.29) is 23.9 Å². The number of hydrogen-bond donors (Lipinski definition) is 1. The fourth-order valence-electron chi connectivity index (χ4n) is 6.01. The molecule has 170 valence electrons. The molecule has 2 aromatic rings. The van der Waals surface area contributed by atoms with Gasteiger partial charge in [-0.2, -0.15) is 5.10 Å². The number of aryl methyl sites for hydroxylation is 1. The number of nitrogens with zero attached hydrogens (tertiary/aromatic N) is 3. The summed E-state index contributed by atoms with van der Waals surface area (Å²) in [4.78, 5) is 15.6. The Morgan fingerprint density at radius 3 is 2.61 bits per heavy atom. The molecule has 1 aromatic carbocycles. The van der Waals surface area contributed by atoms with E-state index in [4.69, 9.17) is 5.10 Å². The van der Waals surface area contributed by atoms with Crippen LogP contribution in [0.25, 0.3) is 10.9 Å². The molecule has 5 heteroatoms. The zero-order chi connectivity index (χ0) is 22.5. The van der Waals surface area contributed by atoms with Crippen LogP contribution in [0.1, 0.15) is 96.2 Å². The average molecular weight is 426 g/mol. The van der Waals surface area contributed by atoms with Gasteiger partial charge in [0.2, 0.25) is 5.91 Å². The van der Waals surface area contributed by atoms with Crippen molar-refractivity contribution in [1.82, 2.24) is 14.7 Å². The summed E-state index contributed by atoms with van der Waals surface area (Å²) in [5, 5.41) is 16.9. The first-order chi connectivity index (χ1) is 14.6. The van der Waals surface area contributed by atoms with Crippen molar-refractivity contribution in [2.45, 2.75) is 103 Å². The van der Waals surface area contributed by atoms with Gasteiger partial charge in [0.15, 0.2) is 0 Å². The van der Waals surface area contributed by atoms with Crippen molar-refractivity contribution in [2.24, 2.45) is 13.0 Å². The minimum absolute atomic E-state index is 0.0545. The summed E-state index contributed by atoms with van der Waals surface area (Å²) in [6.07, 6.45) is 5.39. The lowest BCUT2D eigenvalue weighted by molar-refractivity contribution is -0.139. The van der Waals surface area contributed by atoms with Gasteiger partial charge in [0.05, 0.1) is 16.8 Å². The highest BCUT2D eigenvalue weighted by atomic mass is 16.3. The second-order valence-electron chi connectivity index (χ2n) is 10.9. The Labute approximate surface area is 186 Å². The third-order valence-electron chi connectivity index (χ3n) is 7.28. The van der Waals surface area contributed by atoms with E-state index in [0.717, 1.165) is 24.1 Å². The van der Waals surface area contributed by atoms with Gasteiger partial charge in [-0.3, -0.25) is 9.48 Å². The minimum Gasteiger partial charge on any atom is -0.390 e. The monoisotopic (exact) mass is 425 g/mol. The van der Waals surface area contributed by atoms with Crippen LogP contribution in [0.3, 0.4) is 0 Å². The van der Waals surface area contributed by atoms with Crippen molar-refractivity contribution >= 4 is 16.8 Å². The van der Waals surface area contributed by atoms with Gasteiger partial charge in [0.25, 0.3) is 0 Å². The summed E-state index contributed by atoms with van der Waals surface area (Å²) < 4.78 is 1.97. The first kappa shape index (κ1) is 22.3. The van der Waals surface area contributed by atoms with Crippen LogP contribution in [0.15, 0.2) is 18.2 Å². The maximum Gasteiger partial charge on any atom is 0.223 e. The Kier molecular flexibility index (Phi) is 5.93. The van der Waals surface area contributed by atoms with E-state index in [1.807, 2.05) is 23.6 Å². The van der Waals surface area contributed by atoms with E-state index in [1.165, 1.54) is 23.8 Å². The zero-order valence-corrected chi connectivity index (χ0v) is 20.1. The van der Waals surface area contributed by atoms with E-state index >= 15 is 0 Å². The van der Waals surface area contributed by atoms with Crippen LogP contribution in [0, 0.1) is 5.92 Å². The molecule has 4 rings (SSSR count). The molecule has 0 aliphatic heterocycles. The number of amides is 1. The molecule has 31 heavy (non-hydrogen) atoms. The summed E-state index contributed by atoms with van der Waals surface area (Å²) in [6, 6.07) is 6.73. The van der Waals surface area contributed by atoms with Crippen LogP contribution in [0.5, 0.6) is 0 Å². The normalized spacial score (nSPS) is 27.6. The number of hydrogen-bond acceptors (Lipinski definition) is 3. The molecule has 0 radical (unpaired) electrons. The van der Waals surface area contributed by atoms with Crippen LogP contribution >= 0.6 is 0 Å². The van der Waals surface area contributed by atoms with Crippen molar-refractivity contribution in [2.75, 3.05) is 0 Å². The Morgan fingerprint density at radius 2 is 2.00 bits per heavy atom. The maximum atomic E-state index is 13.6. The number of aliphatic hydroxyl groups is 1. The lowest BCUT2D eigenvalue weighted by Gasteiger charge is -2.45. The van der Waals surface area contributed by atoms with Gasteiger partial charge in [0, 0.05) is 36.9 Å². The zero-order valence-electron chi connectivity index (χ0n) is 20.1. The molecule has 4 atom stereocenters. The van der Waals surface area contributed by atoms with Gasteiger partial charge < -0.3 is 10.0 Å². The van der Waals surface area contributed by atoms with Gasteiger partial charge in [-0.1, -0.05) is 26.0 Å². The number of benzene rings is 1. The predicted molar refractivity (Wildman–Crippen MR) is 125 cm³/mol. The van der Waals surface area contributed by atoms with Crippen LogP contribution in [0.2, 0.25) is 0 Å². The summed E-state index contributed by atoms with van der Waals surface area (Å²) in [5.74, 6) is 1.30. The quantitative estimate of drug-likeness (QED) is 0.699. The molecule has 2 aliphatic carbocycles. The van der Waals surface area contributed by atoms with Crippen molar-refractivity contribution in [1.29, 1.82) is 0 Å². The number of aromatic nitrogens is 2. The smallest absolute Gasteiger partial charge is 0.223 e. The minimum atomic E-state index is -0.697. The first-order valence-electron chi connectivity index (χ1n) is 12.1. The molecule has 2 fully saturated rings. The second kappa shape index (κ2) is 8.23. The van der Waals surface area contributed by atoms with Crippen molar-refractivity contribution in [3.63, 3.8) is 0 Å². The number of carbonyl (C=O) groups excluding carboxylic acids is 1. The SMILES string of the molecule is CC1CC(N(C(=O)CC(C)c2nn(C)c3cccc(C4CC4)c23)C(C)C)CC(C)(O)C1. The standard InChI is InChI=1S/C26H39N3O2/c1-16(2)29(20-12-17(3)14-26(5,31)15-20)23(30)13-18(4)25-24-21(19-10-11-19)8-7-9-22(24)28(6)27-25/h7-9,16-20,31H,10-15H2,1-6H3. The fraction of sp³-hybridized carbons (Fsp3) is 0.692. The van der Waals surface area contributed by atoms with Crippen LogP contribution in [0.4, 0.5) is 0 Å². The third-order valence-corrected chi connectivity index (χ3v) is 7.28. The number of rotatable bonds is 6. The third kappa shape index (κ3) is 4.52. The lowest BCUT2D eigenvalue weighted by Crippen LogP contribution is -2.51.